The Kier molecular flexibility index (Phi) is 4.09. The number of carbonyl (C=O) groups excluding carboxylic acids is 1. The van der Waals surface area contributed by atoms with Gasteiger partial charge in [-0.05, 0) is 47.9 Å². The normalized spacial score (nSPS) is 17.4. The zero-order valence-corrected chi connectivity index (χ0v) is 13.9. The minimum atomic E-state index is -0.214. The second kappa shape index (κ2) is 6.55. The molecule has 0 aromatic heterocycles. The molecule has 0 saturated carbocycles. The number of nitrogens with one attached hydrogen (secondary N) is 1. The molecule has 0 spiro atoms. The van der Waals surface area contributed by atoms with Crippen LogP contribution < -0.4 is 24.3 Å². The van der Waals surface area contributed by atoms with Crippen molar-refractivity contribution in [2.45, 2.75) is 13.0 Å². The standard InChI is InChI=1S/C19H19NO5/c1-22-15-3-5-16-13(8-15)7-14(10-23-16)19(21)20-9-12-2-4-17-18(6-12)25-11-24-17/h2-6,8,14H,7,9-11H2,1H3,(H,20,21)/t14-/m1/s1. The molecule has 0 radical (unpaired) electrons. The van der Waals surface area contributed by atoms with Gasteiger partial charge in [-0.2, -0.15) is 0 Å². The summed E-state index contributed by atoms with van der Waals surface area (Å²) in [5, 5.41) is 2.97. The molecule has 2 aromatic carbocycles. The van der Waals surface area contributed by atoms with Crippen LogP contribution in [0.25, 0.3) is 0 Å². The van der Waals surface area contributed by atoms with Crippen LogP contribution in [0.1, 0.15) is 11.1 Å². The maximum Gasteiger partial charge on any atom is 0.231 e. The van der Waals surface area contributed by atoms with E-state index in [0.29, 0.717) is 25.3 Å². The van der Waals surface area contributed by atoms with Crippen molar-refractivity contribution in [3.63, 3.8) is 0 Å². The summed E-state index contributed by atoms with van der Waals surface area (Å²) in [5.41, 5.74) is 1.96. The Morgan fingerprint density at radius 1 is 1.12 bits per heavy atom. The van der Waals surface area contributed by atoms with Crippen LogP contribution in [0.4, 0.5) is 0 Å². The number of hydrogen-bond acceptors (Lipinski definition) is 5. The highest BCUT2D eigenvalue weighted by atomic mass is 16.7. The van der Waals surface area contributed by atoms with Crippen LogP contribution in [-0.2, 0) is 17.8 Å². The predicted octanol–water partition coefficient (Wildman–Crippen LogP) is 2.29. The fourth-order valence-electron chi connectivity index (χ4n) is 3.05. The summed E-state index contributed by atoms with van der Waals surface area (Å²) in [6.07, 6.45) is 0.638. The van der Waals surface area contributed by atoms with Gasteiger partial charge in [-0.3, -0.25) is 4.79 Å². The van der Waals surface area contributed by atoms with E-state index in [4.69, 9.17) is 18.9 Å². The minimum absolute atomic E-state index is 0.0221. The zero-order chi connectivity index (χ0) is 17.2. The van der Waals surface area contributed by atoms with Gasteiger partial charge < -0.3 is 24.3 Å². The average Bonchev–Trinajstić information content (AvgIpc) is 3.13. The van der Waals surface area contributed by atoms with Gasteiger partial charge in [0, 0.05) is 6.54 Å². The lowest BCUT2D eigenvalue weighted by Crippen LogP contribution is -2.37. The summed E-state index contributed by atoms with van der Waals surface area (Å²) < 4.78 is 21.6. The fraction of sp³-hybridized carbons (Fsp3) is 0.316. The van der Waals surface area contributed by atoms with Gasteiger partial charge in [0.25, 0.3) is 0 Å². The van der Waals surface area contributed by atoms with Crippen LogP contribution >= 0.6 is 0 Å². The van der Waals surface area contributed by atoms with Gasteiger partial charge in [0.1, 0.15) is 18.1 Å². The molecule has 2 aliphatic heterocycles. The summed E-state index contributed by atoms with van der Waals surface area (Å²) in [6.45, 7) is 1.07. The number of hydrogen-bond donors (Lipinski definition) is 1. The molecule has 0 aliphatic carbocycles. The van der Waals surface area contributed by atoms with Crippen LogP contribution in [-0.4, -0.2) is 26.4 Å². The van der Waals surface area contributed by atoms with Crippen molar-refractivity contribution in [2.24, 2.45) is 5.92 Å². The molecule has 0 saturated heterocycles. The number of rotatable bonds is 4. The smallest absolute Gasteiger partial charge is 0.231 e. The van der Waals surface area contributed by atoms with E-state index in [0.717, 1.165) is 28.4 Å². The highest BCUT2D eigenvalue weighted by Crippen LogP contribution is 2.33. The van der Waals surface area contributed by atoms with Crippen LogP contribution in [0.5, 0.6) is 23.0 Å². The fourth-order valence-corrected chi connectivity index (χ4v) is 3.05. The molecule has 6 nitrogen and oxygen atoms in total. The van der Waals surface area contributed by atoms with E-state index in [-0.39, 0.29) is 18.6 Å². The first-order valence-corrected chi connectivity index (χ1v) is 8.19. The molecule has 1 N–H and O–H groups in total. The van der Waals surface area contributed by atoms with Crippen molar-refractivity contribution >= 4 is 5.91 Å². The lowest BCUT2D eigenvalue weighted by atomic mass is 9.95. The second-order valence-electron chi connectivity index (χ2n) is 6.09. The van der Waals surface area contributed by atoms with Gasteiger partial charge in [0.15, 0.2) is 11.5 Å². The number of fused-ring (bicyclic) bond motifs is 2. The van der Waals surface area contributed by atoms with Crippen molar-refractivity contribution in [3.8, 4) is 23.0 Å². The second-order valence-corrected chi connectivity index (χ2v) is 6.09. The summed E-state index contributed by atoms with van der Waals surface area (Å²) in [5.74, 6) is 2.80. The van der Waals surface area contributed by atoms with E-state index in [2.05, 4.69) is 5.32 Å². The molecule has 2 aromatic rings. The van der Waals surface area contributed by atoms with E-state index < -0.39 is 0 Å². The molecular weight excluding hydrogens is 322 g/mol. The quantitative estimate of drug-likeness (QED) is 0.924. The zero-order valence-electron chi connectivity index (χ0n) is 13.9. The number of methoxy groups -OCH3 is 1. The number of amides is 1. The SMILES string of the molecule is COc1ccc2c(c1)C[C@@H](C(=O)NCc1ccc3c(c1)OCO3)CO2. The van der Waals surface area contributed by atoms with E-state index in [9.17, 15) is 4.79 Å². The molecule has 4 rings (SSSR count). The molecule has 25 heavy (non-hydrogen) atoms. The van der Waals surface area contributed by atoms with Gasteiger partial charge in [-0.25, -0.2) is 0 Å². The third kappa shape index (κ3) is 3.20. The highest BCUT2D eigenvalue weighted by Gasteiger charge is 2.26. The number of benzene rings is 2. The van der Waals surface area contributed by atoms with Gasteiger partial charge >= 0.3 is 0 Å². The van der Waals surface area contributed by atoms with Crippen molar-refractivity contribution in [2.75, 3.05) is 20.5 Å². The molecule has 6 heteroatoms. The third-order valence-corrected chi connectivity index (χ3v) is 4.45. The van der Waals surface area contributed by atoms with E-state index >= 15 is 0 Å². The largest absolute Gasteiger partial charge is 0.497 e. The Morgan fingerprint density at radius 2 is 1.96 bits per heavy atom. The van der Waals surface area contributed by atoms with Crippen LogP contribution in [0.3, 0.4) is 0 Å². The Morgan fingerprint density at radius 3 is 2.84 bits per heavy atom. The molecule has 1 amide bonds. The lowest BCUT2D eigenvalue weighted by Gasteiger charge is -2.25. The Balaban J connectivity index is 1.38. The lowest BCUT2D eigenvalue weighted by molar-refractivity contribution is -0.126. The Bertz CT molecular complexity index is 804. The Hall–Kier alpha value is -2.89. The number of carbonyl (C=O) groups is 1. The summed E-state index contributed by atoms with van der Waals surface area (Å²) in [6, 6.07) is 11.3. The molecule has 0 bridgehead atoms. The summed E-state index contributed by atoms with van der Waals surface area (Å²) in [4.78, 5) is 12.5. The first kappa shape index (κ1) is 15.6. The first-order valence-electron chi connectivity index (χ1n) is 8.19. The minimum Gasteiger partial charge on any atom is -0.497 e. The summed E-state index contributed by atoms with van der Waals surface area (Å²) in [7, 11) is 1.63. The van der Waals surface area contributed by atoms with Gasteiger partial charge in [-0.1, -0.05) is 6.07 Å². The van der Waals surface area contributed by atoms with Crippen molar-refractivity contribution < 1.29 is 23.7 Å². The molecule has 0 fully saturated rings. The number of ether oxygens (including phenoxy) is 4. The monoisotopic (exact) mass is 341 g/mol. The van der Waals surface area contributed by atoms with E-state index in [1.54, 1.807) is 7.11 Å². The predicted molar refractivity (Wildman–Crippen MR) is 90.1 cm³/mol. The van der Waals surface area contributed by atoms with Crippen LogP contribution in [0.2, 0.25) is 0 Å². The van der Waals surface area contributed by atoms with Crippen molar-refractivity contribution in [1.29, 1.82) is 0 Å². The van der Waals surface area contributed by atoms with Gasteiger partial charge in [-0.15, -0.1) is 0 Å². The molecule has 2 heterocycles. The molecule has 2 aliphatic rings. The van der Waals surface area contributed by atoms with Gasteiger partial charge in [0.2, 0.25) is 12.7 Å². The van der Waals surface area contributed by atoms with Gasteiger partial charge in [0.05, 0.1) is 13.0 Å². The molecule has 0 unspecified atom stereocenters. The first-order chi connectivity index (χ1) is 12.2. The highest BCUT2D eigenvalue weighted by molar-refractivity contribution is 5.79. The van der Waals surface area contributed by atoms with Crippen molar-refractivity contribution in [1.82, 2.24) is 5.32 Å². The molecule has 1 atom stereocenters. The third-order valence-electron chi connectivity index (χ3n) is 4.45. The van der Waals surface area contributed by atoms with E-state index in [1.807, 2.05) is 36.4 Å². The topological polar surface area (TPSA) is 66.0 Å². The van der Waals surface area contributed by atoms with E-state index in [1.165, 1.54) is 0 Å². The molecular formula is C19H19NO5. The average molecular weight is 341 g/mol. The maximum absolute atomic E-state index is 12.5. The van der Waals surface area contributed by atoms with Crippen LogP contribution in [0, 0.1) is 5.92 Å². The Labute approximate surface area is 145 Å². The summed E-state index contributed by atoms with van der Waals surface area (Å²) >= 11 is 0. The maximum atomic E-state index is 12.5. The molecule has 130 valence electrons. The van der Waals surface area contributed by atoms with Crippen molar-refractivity contribution in [3.05, 3.63) is 47.5 Å². The van der Waals surface area contributed by atoms with Crippen LogP contribution in [0.15, 0.2) is 36.4 Å².